The third kappa shape index (κ3) is 3.11. The number of nitrogens with zero attached hydrogens (tertiary/aromatic N) is 3. The fourth-order valence-corrected chi connectivity index (χ4v) is 2.14. The topological polar surface area (TPSA) is 97.1 Å². The van der Waals surface area contributed by atoms with Crippen LogP contribution in [0.2, 0.25) is 0 Å². The Morgan fingerprint density at radius 2 is 2.18 bits per heavy atom. The lowest BCUT2D eigenvalue weighted by atomic mass is 10.1. The standard InChI is InChI=1S/C14H13FN4O3/c15-11-4-3-9(5-10(11)8-1-2-8)16-14(22)12-6-19(18-17-12)7-13(20)21/h3-6,8H,1-2,7H2,(H,16,22)(H,20,21). The summed E-state index contributed by atoms with van der Waals surface area (Å²) in [6, 6.07) is 4.41. The van der Waals surface area contributed by atoms with Crippen molar-refractivity contribution in [1.29, 1.82) is 0 Å². The highest BCUT2D eigenvalue weighted by atomic mass is 19.1. The number of rotatable bonds is 5. The van der Waals surface area contributed by atoms with Gasteiger partial charge in [0.25, 0.3) is 5.91 Å². The number of aliphatic carboxylic acids is 1. The number of aromatic nitrogens is 3. The smallest absolute Gasteiger partial charge is 0.325 e. The van der Waals surface area contributed by atoms with E-state index in [9.17, 15) is 14.0 Å². The molecule has 22 heavy (non-hydrogen) atoms. The predicted molar refractivity (Wildman–Crippen MR) is 74.0 cm³/mol. The van der Waals surface area contributed by atoms with E-state index in [0.717, 1.165) is 17.5 Å². The Morgan fingerprint density at radius 3 is 2.86 bits per heavy atom. The number of amides is 1. The summed E-state index contributed by atoms with van der Waals surface area (Å²) in [6.07, 6.45) is 3.16. The summed E-state index contributed by atoms with van der Waals surface area (Å²) in [5.41, 5.74) is 1.08. The molecule has 2 aromatic rings. The lowest BCUT2D eigenvalue weighted by Gasteiger charge is -2.06. The van der Waals surface area contributed by atoms with Crippen LogP contribution >= 0.6 is 0 Å². The van der Waals surface area contributed by atoms with Gasteiger partial charge in [-0.05, 0) is 42.5 Å². The van der Waals surface area contributed by atoms with Gasteiger partial charge in [0, 0.05) is 5.69 Å². The first kappa shape index (κ1) is 14.2. The molecule has 1 aliphatic carbocycles. The Kier molecular flexibility index (Phi) is 3.58. The molecule has 0 unspecified atom stereocenters. The minimum absolute atomic E-state index is 0.00135. The minimum Gasteiger partial charge on any atom is -0.480 e. The van der Waals surface area contributed by atoms with Gasteiger partial charge in [-0.1, -0.05) is 5.21 Å². The van der Waals surface area contributed by atoms with E-state index in [1.807, 2.05) is 0 Å². The maximum Gasteiger partial charge on any atom is 0.325 e. The van der Waals surface area contributed by atoms with E-state index in [1.54, 1.807) is 6.07 Å². The summed E-state index contributed by atoms with van der Waals surface area (Å²) in [4.78, 5) is 22.6. The van der Waals surface area contributed by atoms with Gasteiger partial charge in [0.05, 0.1) is 6.20 Å². The Labute approximate surface area is 124 Å². The van der Waals surface area contributed by atoms with Crippen LogP contribution < -0.4 is 5.32 Å². The second-order valence-corrected chi connectivity index (χ2v) is 5.16. The minimum atomic E-state index is -1.08. The lowest BCUT2D eigenvalue weighted by Crippen LogP contribution is -2.13. The molecule has 0 spiro atoms. The number of benzene rings is 1. The van der Waals surface area contributed by atoms with Crippen molar-refractivity contribution < 1.29 is 19.1 Å². The first-order valence-electron chi connectivity index (χ1n) is 6.75. The number of carboxylic acids is 1. The Bertz CT molecular complexity index is 739. The molecule has 0 saturated heterocycles. The molecule has 1 saturated carbocycles. The van der Waals surface area contributed by atoms with E-state index < -0.39 is 11.9 Å². The van der Waals surface area contributed by atoms with Crippen molar-refractivity contribution in [2.24, 2.45) is 0 Å². The number of hydrogen-bond donors (Lipinski definition) is 2. The Balaban J connectivity index is 1.72. The molecule has 0 atom stereocenters. The quantitative estimate of drug-likeness (QED) is 0.875. The summed E-state index contributed by atoms with van der Waals surface area (Å²) >= 11 is 0. The molecular weight excluding hydrogens is 291 g/mol. The number of carbonyl (C=O) groups excluding carboxylic acids is 1. The number of halogens is 1. The molecule has 1 amide bonds. The van der Waals surface area contributed by atoms with Gasteiger partial charge in [0.1, 0.15) is 12.4 Å². The molecule has 0 radical (unpaired) electrons. The fourth-order valence-electron chi connectivity index (χ4n) is 2.14. The molecule has 1 aromatic heterocycles. The molecule has 3 rings (SSSR count). The lowest BCUT2D eigenvalue weighted by molar-refractivity contribution is -0.137. The van der Waals surface area contributed by atoms with Crippen LogP contribution in [0.1, 0.15) is 34.8 Å². The summed E-state index contributed by atoms with van der Waals surface area (Å²) in [5, 5.41) is 18.4. The van der Waals surface area contributed by atoms with Crippen molar-refractivity contribution in [2.75, 3.05) is 5.32 Å². The number of anilines is 1. The number of nitrogens with one attached hydrogen (secondary N) is 1. The molecule has 0 bridgehead atoms. The van der Waals surface area contributed by atoms with Crippen molar-refractivity contribution >= 4 is 17.6 Å². The number of carboxylic acid groups (broad SMARTS) is 1. The van der Waals surface area contributed by atoms with Crippen molar-refractivity contribution in [2.45, 2.75) is 25.3 Å². The molecule has 1 fully saturated rings. The molecule has 1 aromatic carbocycles. The van der Waals surface area contributed by atoms with Crippen LogP contribution in [0.25, 0.3) is 0 Å². The molecule has 2 N–H and O–H groups in total. The average molecular weight is 304 g/mol. The third-order valence-electron chi connectivity index (χ3n) is 3.34. The van der Waals surface area contributed by atoms with E-state index in [1.165, 1.54) is 18.3 Å². The zero-order valence-electron chi connectivity index (χ0n) is 11.5. The van der Waals surface area contributed by atoms with Gasteiger partial charge in [0.2, 0.25) is 0 Å². The Hall–Kier alpha value is -2.77. The zero-order chi connectivity index (χ0) is 15.7. The van der Waals surface area contributed by atoms with Crippen LogP contribution in [0.3, 0.4) is 0 Å². The molecule has 1 aliphatic rings. The first-order chi connectivity index (χ1) is 10.5. The molecule has 114 valence electrons. The van der Waals surface area contributed by atoms with Crippen LogP contribution in [0.15, 0.2) is 24.4 Å². The number of hydrogen-bond acceptors (Lipinski definition) is 4. The highest BCUT2D eigenvalue weighted by Crippen LogP contribution is 2.42. The van der Waals surface area contributed by atoms with Gasteiger partial charge >= 0.3 is 5.97 Å². The van der Waals surface area contributed by atoms with Gasteiger partial charge in [-0.25, -0.2) is 9.07 Å². The van der Waals surface area contributed by atoms with Gasteiger partial charge in [-0.2, -0.15) is 0 Å². The summed E-state index contributed by atoms with van der Waals surface area (Å²) in [7, 11) is 0. The average Bonchev–Trinajstić information content (AvgIpc) is 3.20. The van der Waals surface area contributed by atoms with Crippen molar-refractivity contribution in [3.63, 3.8) is 0 Å². The fraction of sp³-hybridized carbons (Fsp3) is 0.286. The second-order valence-electron chi connectivity index (χ2n) is 5.16. The number of carbonyl (C=O) groups is 2. The van der Waals surface area contributed by atoms with Crippen molar-refractivity contribution in [3.05, 3.63) is 41.5 Å². The van der Waals surface area contributed by atoms with Crippen molar-refractivity contribution in [3.8, 4) is 0 Å². The SMILES string of the molecule is O=C(O)Cn1cc(C(=O)Nc2ccc(F)c(C3CC3)c2)nn1. The maximum atomic E-state index is 13.7. The zero-order valence-corrected chi connectivity index (χ0v) is 11.5. The van der Waals surface area contributed by atoms with E-state index in [0.29, 0.717) is 11.3 Å². The van der Waals surface area contributed by atoms with Gasteiger partial charge in [-0.15, -0.1) is 5.10 Å². The molecule has 8 heteroatoms. The molecule has 1 heterocycles. The molecule has 0 aliphatic heterocycles. The maximum absolute atomic E-state index is 13.7. The van der Waals surface area contributed by atoms with E-state index >= 15 is 0 Å². The van der Waals surface area contributed by atoms with Crippen molar-refractivity contribution in [1.82, 2.24) is 15.0 Å². The monoisotopic (exact) mass is 304 g/mol. The molecule has 7 nitrogen and oxygen atoms in total. The largest absolute Gasteiger partial charge is 0.480 e. The van der Waals surface area contributed by atoms with Gasteiger partial charge < -0.3 is 10.4 Å². The highest BCUT2D eigenvalue weighted by Gasteiger charge is 2.26. The van der Waals surface area contributed by atoms with Crippen LogP contribution in [0.4, 0.5) is 10.1 Å². The first-order valence-corrected chi connectivity index (χ1v) is 6.75. The summed E-state index contributed by atoms with van der Waals surface area (Å²) in [5.74, 6) is -1.64. The highest BCUT2D eigenvalue weighted by molar-refractivity contribution is 6.02. The normalized spacial score (nSPS) is 13.9. The third-order valence-corrected chi connectivity index (χ3v) is 3.34. The summed E-state index contributed by atoms with van der Waals surface area (Å²) < 4.78 is 14.7. The van der Waals surface area contributed by atoms with Gasteiger partial charge in [0.15, 0.2) is 5.69 Å². The van der Waals surface area contributed by atoms with E-state index in [-0.39, 0.29) is 24.0 Å². The van der Waals surface area contributed by atoms with E-state index in [4.69, 9.17) is 5.11 Å². The van der Waals surface area contributed by atoms with Crippen LogP contribution in [-0.2, 0) is 11.3 Å². The van der Waals surface area contributed by atoms with E-state index in [2.05, 4.69) is 15.6 Å². The second kappa shape index (κ2) is 5.55. The van der Waals surface area contributed by atoms with Crippen LogP contribution in [0.5, 0.6) is 0 Å². The summed E-state index contributed by atoms with van der Waals surface area (Å²) in [6.45, 7) is -0.372. The molecular formula is C14H13FN4O3. The van der Waals surface area contributed by atoms with Crippen LogP contribution in [0, 0.1) is 5.82 Å². The predicted octanol–water partition coefficient (Wildman–Crippen LogP) is 1.63. The Morgan fingerprint density at radius 1 is 1.41 bits per heavy atom. The van der Waals surface area contributed by atoms with Crippen LogP contribution in [-0.4, -0.2) is 32.0 Å². The van der Waals surface area contributed by atoms with Gasteiger partial charge in [-0.3, -0.25) is 9.59 Å².